The van der Waals surface area contributed by atoms with Crippen LogP contribution in [0, 0.1) is 11.8 Å². The zero-order chi connectivity index (χ0) is 19.3. The molecule has 1 aliphatic heterocycles. The first-order valence-corrected chi connectivity index (χ1v) is 9.00. The molecule has 138 valence electrons. The fourth-order valence-corrected chi connectivity index (χ4v) is 2.76. The number of hydrogen-bond donors (Lipinski definition) is 1. The summed E-state index contributed by atoms with van der Waals surface area (Å²) in [5.41, 5.74) is 1.24. The minimum absolute atomic E-state index is 0.0640. The lowest BCUT2D eigenvalue weighted by Crippen LogP contribution is -2.54. The van der Waals surface area contributed by atoms with Crippen LogP contribution in [0.1, 0.15) is 19.4 Å². The Bertz CT molecular complexity index is 775. The van der Waals surface area contributed by atoms with Gasteiger partial charge < -0.3 is 15.1 Å². The molecule has 0 aromatic heterocycles. The Morgan fingerprint density at radius 1 is 1.15 bits per heavy atom. The van der Waals surface area contributed by atoms with Gasteiger partial charge in [-0.05, 0) is 32.0 Å². The lowest BCUT2D eigenvalue weighted by Gasteiger charge is -2.35. The van der Waals surface area contributed by atoms with Crippen LogP contribution in [-0.4, -0.2) is 54.0 Å². The molecular weight excluding hydrogens is 373 g/mol. The Labute approximate surface area is 163 Å². The van der Waals surface area contributed by atoms with Crippen LogP contribution in [-0.2, 0) is 4.79 Å². The summed E-state index contributed by atoms with van der Waals surface area (Å²) >= 11 is 11.8. The van der Waals surface area contributed by atoms with E-state index in [0.29, 0.717) is 41.8 Å². The second-order valence-corrected chi connectivity index (χ2v) is 6.94. The Kier molecular flexibility index (Phi) is 6.96. The van der Waals surface area contributed by atoms with Gasteiger partial charge in [-0.15, -0.1) is 0 Å². The van der Waals surface area contributed by atoms with Crippen LogP contribution in [0.3, 0.4) is 0 Å². The third-order valence-corrected chi connectivity index (χ3v) is 4.65. The summed E-state index contributed by atoms with van der Waals surface area (Å²) in [7, 11) is 0. The van der Waals surface area contributed by atoms with Crippen molar-refractivity contribution in [3.63, 3.8) is 0 Å². The molecule has 0 spiro atoms. The summed E-state index contributed by atoms with van der Waals surface area (Å²) < 4.78 is 0. The van der Waals surface area contributed by atoms with Gasteiger partial charge in [-0.3, -0.25) is 4.79 Å². The molecule has 1 fully saturated rings. The fourth-order valence-electron chi connectivity index (χ4n) is 2.46. The maximum Gasteiger partial charge on any atom is 0.318 e. The first kappa shape index (κ1) is 20.2. The first-order valence-electron chi connectivity index (χ1n) is 8.24. The summed E-state index contributed by atoms with van der Waals surface area (Å²) in [6.45, 7) is 9.14. The molecule has 1 aromatic carbocycles. The van der Waals surface area contributed by atoms with Crippen LogP contribution in [0.2, 0.25) is 10.0 Å². The number of amides is 3. The Hall–Kier alpha value is -2.16. The van der Waals surface area contributed by atoms with E-state index in [-0.39, 0.29) is 18.0 Å². The number of rotatable bonds is 2. The average molecular weight is 394 g/mol. The van der Waals surface area contributed by atoms with Crippen molar-refractivity contribution in [1.29, 1.82) is 0 Å². The van der Waals surface area contributed by atoms with Crippen LogP contribution in [0.25, 0.3) is 0 Å². The Morgan fingerprint density at radius 3 is 2.35 bits per heavy atom. The first-order chi connectivity index (χ1) is 12.3. The predicted octanol–water partition coefficient (Wildman–Crippen LogP) is 3.16. The number of urea groups is 1. The van der Waals surface area contributed by atoms with Crippen molar-refractivity contribution >= 4 is 35.1 Å². The van der Waals surface area contributed by atoms with Gasteiger partial charge in [-0.25, -0.2) is 4.79 Å². The predicted molar refractivity (Wildman–Crippen MR) is 104 cm³/mol. The van der Waals surface area contributed by atoms with Crippen LogP contribution >= 0.6 is 23.2 Å². The summed E-state index contributed by atoms with van der Waals surface area (Å²) in [5.74, 6) is 5.87. The maximum absolute atomic E-state index is 12.3. The van der Waals surface area contributed by atoms with Gasteiger partial charge in [0.15, 0.2) is 0 Å². The van der Waals surface area contributed by atoms with Crippen molar-refractivity contribution in [2.45, 2.75) is 19.9 Å². The van der Waals surface area contributed by atoms with E-state index in [4.69, 9.17) is 23.2 Å². The molecule has 26 heavy (non-hydrogen) atoms. The molecule has 7 heteroatoms. The van der Waals surface area contributed by atoms with Gasteiger partial charge in [0.2, 0.25) is 5.91 Å². The largest absolute Gasteiger partial charge is 0.335 e. The van der Waals surface area contributed by atoms with Crippen LogP contribution < -0.4 is 5.32 Å². The second-order valence-electron chi connectivity index (χ2n) is 6.13. The molecule has 5 nitrogen and oxygen atoms in total. The van der Waals surface area contributed by atoms with Crippen molar-refractivity contribution < 1.29 is 9.59 Å². The molecule has 1 heterocycles. The van der Waals surface area contributed by atoms with Crippen molar-refractivity contribution in [3.8, 4) is 11.8 Å². The fraction of sp³-hybridized carbons (Fsp3) is 0.368. The Balaban J connectivity index is 1.86. The third-order valence-electron chi connectivity index (χ3n) is 3.91. The number of carbonyl (C=O) groups excluding carboxylic acids is 2. The number of halogens is 2. The molecule has 0 bridgehead atoms. The summed E-state index contributed by atoms with van der Waals surface area (Å²) in [4.78, 5) is 27.6. The monoisotopic (exact) mass is 393 g/mol. The van der Waals surface area contributed by atoms with E-state index in [1.165, 1.54) is 0 Å². The number of benzene rings is 1. The van der Waals surface area contributed by atoms with E-state index < -0.39 is 0 Å². The van der Waals surface area contributed by atoms with Crippen molar-refractivity contribution in [2.75, 3.05) is 26.2 Å². The molecule has 0 aliphatic carbocycles. The molecule has 1 aliphatic rings. The van der Waals surface area contributed by atoms with Gasteiger partial charge >= 0.3 is 6.03 Å². The summed E-state index contributed by atoms with van der Waals surface area (Å²) in [5, 5.41) is 3.76. The normalized spacial score (nSPS) is 14.9. The highest BCUT2D eigenvalue weighted by Gasteiger charge is 2.24. The van der Waals surface area contributed by atoms with Crippen molar-refractivity contribution in [3.05, 3.63) is 46.0 Å². The van der Waals surface area contributed by atoms with Gasteiger partial charge in [-0.1, -0.05) is 41.6 Å². The molecule has 0 radical (unpaired) electrons. The number of nitrogens with zero attached hydrogens (tertiary/aromatic N) is 2. The number of piperazine rings is 1. The molecule has 1 saturated heterocycles. The average Bonchev–Trinajstić information content (AvgIpc) is 2.62. The number of nitrogens with one attached hydrogen (secondary N) is 1. The summed E-state index contributed by atoms with van der Waals surface area (Å²) in [6, 6.07) is 4.62. The zero-order valence-corrected chi connectivity index (χ0v) is 16.3. The number of carbonyl (C=O) groups is 2. The second kappa shape index (κ2) is 8.98. The molecule has 0 saturated carbocycles. The van der Waals surface area contributed by atoms with Gasteiger partial charge in [-0.2, -0.15) is 0 Å². The van der Waals surface area contributed by atoms with E-state index in [9.17, 15) is 9.59 Å². The van der Waals surface area contributed by atoms with E-state index in [0.717, 1.165) is 5.56 Å². The lowest BCUT2D eigenvalue weighted by atomic mass is 10.2. The number of hydrogen-bond acceptors (Lipinski definition) is 2. The highest BCUT2D eigenvalue weighted by atomic mass is 35.5. The van der Waals surface area contributed by atoms with Gasteiger partial charge in [0, 0.05) is 37.3 Å². The van der Waals surface area contributed by atoms with Crippen molar-refractivity contribution in [1.82, 2.24) is 15.1 Å². The molecule has 1 unspecified atom stereocenters. The van der Waals surface area contributed by atoms with Gasteiger partial charge in [0.05, 0.1) is 16.1 Å². The van der Waals surface area contributed by atoms with E-state index in [1.807, 2.05) is 6.92 Å². The molecule has 1 aromatic rings. The van der Waals surface area contributed by atoms with Gasteiger partial charge in [0.1, 0.15) is 0 Å². The van der Waals surface area contributed by atoms with Crippen LogP contribution in [0.15, 0.2) is 30.4 Å². The lowest BCUT2D eigenvalue weighted by molar-refractivity contribution is -0.128. The quantitative estimate of drug-likeness (QED) is 0.619. The highest BCUT2D eigenvalue weighted by Crippen LogP contribution is 2.22. The van der Waals surface area contributed by atoms with E-state index in [1.54, 1.807) is 34.9 Å². The molecule has 2 rings (SSSR count). The smallest absolute Gasteiger partial charge is 0.318 e. The standard InChI is InChI=1S/C19H21Cl2N3O2/c1-13(2)18(25)23-8-10-24(11-9-23)19(26)22-14(3)4-5-15-6-7-16(20)17(21)12-15/h6-7,12,14H,1,8-11H2,2-3H3,(H,22,26). The maximum atomic E-state index is 12.3. The van der Waals surface area contributed by atoms with Crippen molar-refractivity contribution in [2.24, 2.45) is 0 Å². The topological polar surface area (TPSA) is 52.7 Å². The molecular formula is C19H21Cl2N3O2. The highest BCUT2D eigenvalue weighted by molar-refractivity contribution is 6.42. The summed E-state index contributed by atoms with van der Waals surface area (Å²) in [6.07, 6.45) is 0. The zero-order valence-electron chi connectivity index (χ0n) is 14.8. The molecule has 1 N–H and O–H groups in total. The Morgan fingerprint density at radius 2 is 1.77 bits per heavy atom. The van der Waals surface area contributed by atoms with Crippen LogP contribution in [0.5, 0.6) is 0 Å². The third kappa shape index (κ3) is 5.42. The SMILES string of the molecule is C=C(C)C(=O)N1CCN(C(=O)NC(C)C#Cc2ccc(Cl)c(Cl)c2)CC1. The van der Waals surface area contributed by atoms with Gasteiger partial charge in [0.25, 0.3) is 0 Å². The minimum Gasteiger partial charge on any atom is -0.335 e. The minimum atomic E-state index is -0.327. The van der Waals surface area contributed by atoms with E-state index >= 15 is 0 Å². The van der Waals surface area contributed by atoms with E-state index in [2.05, 4.69) is 23.7 Å². The molecule has 1 atom stereocenters. The molecule has 3 amide bonds. The van der Waals surface area contributed by atoms with Crippen LogP contribution in [0.4, 0.5) is 4.79 Å².